The first-order valence-electron chi connectivity index (χ1n) is 10.5. The van der Waals surface area contributed by atoms with Crippen molar-refractivity contribution in [1.82, 2.24) is 14.9 Å². The lowest BCUT2D eigenvalue weighted by Gasteiger charge is -2.17. The first-order chi connectivity index (χ1) is 14.4. The average molecular weight is 418 g/mol. The van der Waals surface area contributed by atoms with Gasteiger partial charge < -0.3 is 25.0 Å². The molecule has 0 saturated carbocycles. The zero-order chi connectivity index (χ0) is 21.6. The minimum atomic E-state index is -1.57. The third-order valence-corrected chi connectivity index (χ3v) is 5.09. The highest BCUT2D eigenvalue weighted by Gasteiger charge is 2.22. The van der Waals surface area contributed by atoms with Gasteiger partial charge in [0.2, 0.25) is 5.95 Å². The summed E-state index contributed by atoms with van der Waals surface area (Å²) in [6, 6.07) is 7.14. The van der Waals surface area contributed by atoms with Gasteiger partial charge in [-0.15, -0.1) is 0 Å². The molecule has 2 aromatic rings. The number of hydrogen-bond donors (Lipinski definition) is 2. The van der Waals surface area contributed by atoms with Gasteiger partial charge >= 0.3 is 0 Å². The molecule has 0 bridgehead atoms. The lowest BCUT2D eigenvalue weighted by Crippen LogP contribution is -2.21. The van der Waals surface area contributed by atoms with E-state index in [9.17, 15) is 4.39 Å². The number of nitrogens with one attached hydrogen (secondary N) is 2. The number of halogens is 1. The van der Waals surface area contributed by atoms with Crippen LogP contribution in [0.5, 0.6) is 11.5 Å². The van der Waals surface area contributed by atoms with Crippen molar-refractivity contribution in [3.63, 3.8) is 0 Å². The Morgan fingerprint density at radius 1 is 1.13 bits per heavy atom. The summed E-state index contributed by atoms with van der Waals surface area (Å²) >= 11 is 0. The van der Waals surface area contributed by atoms with Crippen LogP contribution in [0, 0.1) is 0 Å². The zero-order valence-electron chi connectivity index (χ0n) is 18.3. The molecular formula is C22H32FN5O2. The number of anilines is 3. The van der Waals surface area contributed by atoms with Gasteiger partial charge in [-0.1, -0.05) is 0 Å². The standard InChI is InChI=1S/C22H32FN5O2/c1-22(2,23)19-15-20(24-3)27-21(26-19)25-16-8-9-17(29-4)18(14-16)30-13-7-12-28-10-5-6-11-28/h8-9,14-15H,5-7,10-13H2,1-4H3,(H2,24,25,26,27). The monoisotopic (exact) mass is 417 g/mol. The number of benzene rings is 1. The highest BCUT2D eigenvalue weighted by molar-refractivity contribution is 5.61. The van der Waals surface area contributed by atoms with Gasteiger partial charge in [-0.2, -0.15) is 4.98 Å². The Hall–Kier alpha value is -2.61. The maximum absolute atomic E-state index is 14.4. The molecule has 1 fully saturated rings. The molecule has 1 aliphatic rings. The molecule has 2 heterocycles. The number of likely N-dealkylation sites (tertiary alicyclic amines) is 1. The number of aromatic nitrogens is 2. The fraction of sp³-hybridized carbons (Fsp3) is 0.545. The Morgan fingerprint density at radius 2 is 1.90 bits per heavy atom. The van der Waals surface area contributed by atoms with E-state index in [-0.39, 0.29) is 0 Å². The van der Waals surface area contributed by atoms with Gasteiger partial charge in [0, 0.05) is 31.4 Å². The smallest absolute Gasteiger partial charge is 0.229 e. The molecule has 1 aromatic carbocycles. The van der Waals surface area contributed by atoms with Gasteiger partial charge in [0.25, 0.3) is 0 Å². The van der Waals surface area contributed by atoms with Crippen LogP contribution in [0.25, 0.3) is 0 Å². The Bertz CT molecular complexity index is 835. The summed E-state index contributed by atoms with van der Waals surface area (Å²) in [7, 11) is 3.36. The molecule has 3 rings (SSSR count). The number of hydrogen-bond acceptors (Lipinski definition) is 7. The molecule has 164 valence electrons. The number of nitrogens with zero attached hydrogens (tertiary/aromatic N) is 3. The third kappa shape index (κ3) is 5.95. The van der Waals surface area contributed by atoms with Crippen molar-refractivity contribution in [3.05, 3.63) is 30.0 Å². The van der Waals surface area contributed by atoms with E-state index in [1.807, 2.05) is 18.2 Å². The number of alkyl halides is 1. The van der Waals surface area contributed by atoms with E-state index in [2.05, 4.69) is 25.5 Å². The predicted octanol–water partition coefficient (Wildman–Crippen LogP) is 4.34. The molecule has 1 aliphatic heterocycles. The molecule has 0 radical (unpaired) electrons. The second-order valence-electron chi connectivity index (χ2n) is 7.93. The van der Waals surface area contributed by atoms with E-state index in [0.717, 1.165) is 18.7 Å². The number of methoxy groups -OCH3 is 1. The first kappa shape index (κ1) is 22.1. The van der Waals surface area contributed by atoms with E-state index in [4.69, 9.17) is 9.47 Å². The SMILES string of the molecule is CNc1cc(C(C)(C)F)nc(Nc2ccc(OC)c(OCCCN3CCCC3)c2)n1. The molecule has 0 atom stereocenters. The predicted molar refractivity (Wildman–Crippen MR) is 118 cm³/mol. The van der Waals surface area contributed by atoms with Crippen molar-refractivity contribution in [1.29, 1.82) is 0 Å². The lowest BCUT2D eigenvalue weighted by atomic mass is 10.1. The zero-order valence-corrected chi connectivity index (χ0v) is 18.3. The van der Waals surface area contributed by atoms with E-state index in [1.165, 1.54) is 39.8 Å². The van der Waals surface area contributed by atoms with Crippen LogP contribution >= 0.6 is 0 Å². The molecule has 0 unspecified atom stereocenters. The van der Waals surface area contributed by atoms with Crippen LogP contribution in [-0.4, -0.2) is 55.3 Å². The van der Waals surface area contributed by atoms with Gasteiger partial charge in [-0.05, 0) is 58.3 Å². The van der Waals surface area contributed by atoms with Crippen LogP contribution in [0.2, 0.25) is 0 Å². The quantitative estimate of drug-likeness (QED) is 0.557. The Balaban J connectivity index is 1.69. The summed E-state index contributed by atoms with van der Waals surface area (Å²) in [6.07, 6.45) is 3.55. The van der Waals surface area contributed by atoms with E-state index in [0.29, 0.717) is 35.6 Å². The highest BCUT2D eigenvalue weighted by Crippen LogP contribution is 2.32. The van der Waals surface area contributed by atoms with Crippen molar-refractivity contribution < 1.29 is 13.9 Å². The maximum atomic E-state index is 14.4. The van der Waals surface area contributed by atoms with Crippen LogP contribution in [0.4, 0.5) is 21.8 Å². The van der Waals surface area contributed by atoms with E-state index >= 15 is 0 Å². The van der Waals surface area contributed by atoms with Crippen LogP contribution in [0.15, 0.2) is 24.3 Å². The van der Waals surface area contributed by atoms with Gasteiger partial charge in [0.1, 0.15) is 11.5 Å². The molecule has 2 N–H and O–H groups in total. The van der Waals surface area contributed by atoms with Gasteiger partial charge in [-0.25, -0.2) is 9.37 Å². The largest absolute Gasteiger partial charge is 0.493 e. The van der Waals surface area contributed by atoms with Crippen molar-refractivity contribution in [3.8, 4) is 11.5 Å². The summed E-state index contributed by atoms with van der Waals surface area (Å²) < 4.78 is 25.8. The van der Waals surface area contributed by atoms with Gasteiger partial charge in [0.05, 0.1) is 19.4 Å². The lowest BCUT2D eigenvalue weighted by molar-refractivity contribution is 0.214. The summed E-state index contributed by atoms with van der Waals surface area (Å²) in [5.41, 5.74) is -0.536. The fourth-order valence-electron chi connectivity index (χ4n) is 3.41. The molecule has 0 amide bonds. The Kier molecular flexibility index (Phi) is 7.31. The minimum absolute atomic E-state index is 0.302. The molecule has 1 aromatic heterocycles. The third-order valence-electron chi connectivity index (χ3n) is 5.09. The van der Waals surface area contributed by atoms with Crippen molar-refractivity contribution in [2.45, 2.75) is 38.8 Å². The topological polar surface area (TPSA) is 71.5 Å². The molecule has 30 heavy (non-hydrogen) atoms. The highest BCUT2D eigenvalue weighted by atomic mass is 19.1. The summed E-state index contributed by atoms with van der Waals surface area (Å²) in [4.78, 5) is 11.2. The summed E-state index contributed by atoms with van der Waals surface area (Å²) in [6.45, 7) is 6.98. The van der Waals surface area contributed by atoms with Crippen LogP contribution in [0.1, 0.15) is 38.8 Å². The average Bonchev–Trinajstić information content (AvgIpc) is 3.24. The number of ether oxygens (including phenoxy) is 2. The van der Waals surface area contributed by atoms with Gasteiger partial charge in [-0.3, -0.25) is 0 Å². The van der Waals surface area contributed by atoms with Crippen LogP contribution in [-0.2, 0) is 5.67 Å². The Labute approximate surface area is 178 Å². The minimum Gasteiger partial charge on any atom is -0.493 e. The van der Waals surface area contributed by atoms with Crippen LogP contribution < -0.4 is 20.1 Å². The summed E-state index contributed by atoms with van der Waals surface area (Å²) in [5, 5.41) is 6.09. The van der Waals surface area contributed by atoms with Crippen molar-refractivity contribution in [2.24, 2.45) is 0 Å². The number of rotatable bonds is 10. The second-order valence-corrected chi connectivity index (χ2v) is 7.93. The second kappa shape index (κ2) is 9.93. The Morgan fingerprint density at radius 3 is 2.57 bits per heavy atom. The molecule has 8 heteroatoms. The molecular weight excluding hydrogens is 385 g/mol. The maximum Gasteiger partial charge on any atom is 0.229 e. The van der Waals surface area contributed by atoms with E-state index in [1.54, 1.807) is 20.2 Å². The molecule has 0 aliphatic carbocycles. The first-order valence-corrected chi connectivity index (χ1v) is 10.5. The van der Waals surface area contributed by atoms with Crippen molar-refractivity contribution in [2.75, 3.05) is 51.0 Å². The normalized spacial score (nSPS) is 14.6. The van der Waals surface area contributed by atoms with Crippen molar-refractivity contribution >= 4 is 17.5 Å². The summed E-state index contributed by atoms with van der Waals surface area (Å²) in [5.74, 6) is 2.17. The molecule has 0 spiro atoms. The molecule has 1 saturated heterocycles. The van der Waals surface area contributed by atoms with Crippen LogP contribution in [0.3, 0.4) is 0 Å². The fourth-order valence-corrected chi connectivity index (χ4v) is 3.41. The molecule has 7 nitrogen and oxygen atoms in total. The van der Waals surface area contributed by atoms with E-state index < -0.39 is 5.67 Å². The van der Waals surface area contributed by atoms with Gasteiger partial charge in [0.15, 0.2) is 11.5 Å².